The van der Waals surface area contributed by atoms with Crippen LogP contribution in [0.1, 0.15) is 42.1 Å². The van der Waals surface area contributed by atoms with Gasteiger partial charge in [0.2, 0.25) is 5.76 Å². The van der Waals surface area contributed by atoms with Crippen molar-refractivity contribution in [2.75, 3.05) is 7.11 Å². The molecular weight excluding hydrogens is 376 g/mol. The van der Waals surface area contributed by atoms with Crippen LogP contribution in [0.3, 0.4) is 0 Å². The number of carbonyl (C=O) groups is 3. The number of nitrogens with zero attached hydrogens (tertiary/aromatic N) is 1. The Hall–Kier alpha value is -3.55. The van der Waals surface area contributed by atoms with Gasteiger partial charge in [-0.25, -0.2) is 9.59 Å². The molecule has 3 amide bonds. The molecule has 1 aromatic carbocycles. The Morgan fingerprint density at radius 2 is 2.00 bits per heavy atom. The molecule has 2 aromatic rings. The molecule has 0 aliphatic carbocycles. The first-order valence-corrected chi connectivity index (χ1v) is 9.20. The maximum absolute atomic E-state index is 12.7. The Kier molecular flexibility index (Phi) is 6.01. The smallest absolute Gasteiger partial charge is 0.373 e. The first-order valence-electron chi connectivity index (χ1n) is 9.20. The van der Waals surface area contributed by atoms with Crippen molar-refractivity contribution in [3.05, 3.63) is 59.2 Å². The quantitative estimate of drug-likeness (QED) is 0.436. The van der Waals surface area contributed by atoms with Crippen LogP contribution < -0.4 is 10.1 Å². The maximum atomic E-state index is 12.7. The monoisotopic (exact) mass is 398 g/mol. The van der Waals surface area contributed by atoms with Crippen LogP contribution in [0.4, 0.5) is 4.79 Å². The lowest BCUT2D eigenvalue weighted by Crippen LogP contribution is -2.30. The van der Waals surface area contributed by atoms with Crippen molar-refractivity contribution in [2.24, 2.45) is 0 Å². The highest BCUT2D eigenvalue weighted by molar-refractivity contribution is 6.14. The van der Waals surface area contributed by atoms with Crippen LogP contribution in [-0.4, -0.2) is 36.0 Å². The normalized spacial score (nSPS) is 16.1. The average Bonchev–Trinajstić information content (AvgIpc) is 3.29. The van der Waals surface area contributed by atoms with Gasteiger partial charge in [0.25, 0.3) is 5.91 Å². The van der Waals surface area contributed by atoms with Crippen molar-refractivity contribution < 1.29 is 28.3 Å². The number of imide groups is 1. The van der Waals surface area contributed by atoms with Gasteiger partial charge in [0.1, 0.15) is 17.2 Å². The van der Waals surface area contributed by atoms with Gasteiger partial charge < -0.3 is 19.2 Å². The number of hydrogen-bond donors (Lipinski definition) is 1. The molecule has 8 heteroatoms. The predicted molar refractivity (Wildman–Crippen MR) is 104 cm³/mol. The summed E-state index contributed by atoms with van der Waals surface area (Å²) >= 11 is 0. The van der Waals surface area contributed by atoms with Gasteiger partial charge >= 0.3 is 12.0 Å². The van der Waals surface area contributed by atoms with E-state index in [-0.39, 0.29) is 29.9 Å². The van der Waals surface area contributed by atoms with Crippen molar-refractivity contribution in [1.82, 2.24) is 10.2 Å². The molecule has 8 nitrogen and oxygen atoms in total. The highest BCUT2D eigenvalue weighted by Gasteiger charge is 2.34. The third-order valence-corrected chi connectivity index (χ3v) is 4.45. The van der Waals surface area contributed by atoms with E-state index in [1.165, 1.54) is 19.2 Å². The molecule has 0 unspecified atom stereocenters. The molecule has 0 spiro atoms. The summed E-state index contributed by atoms with van der Waals surface area (Å²) in [6.07, 6.45) is 2.44. The first-order chi connectivity index (χ1) is 13.9. The van der Waals surface area contributed by atoms with E-state index in [2.05, 4.69) is 10.1 Å². The third-order valence-electron chi connectivity index (χ3n) is 4.45. The Bertz CT molecular complexity index is 962. The number of urea groups is 1. The molecule has 0 saturated carbocycles. The number of furan rings is 1. The summed E-state index contributed by atoms with van der Waals surface area (Å²) in [4.78, 5) is 37.5. The van der Waals surface area contributed by atoms with Crippen molar-refractivity contribution in [1.29, 1.82) is 0 Å². The number of nitrogens with one attached hydrogen (secondary N) is 1. The van der Waals surface area contributed by atoms with E-state index in [4.69, 9.17) is 9.15 Å². The van der Waals surface area contributed by atoms with Crippen LogP contribution in [-0.2, 0) is 16.1 Å². The number of para-hydroxylation sites is 1. The van der Waals surface area contributed by atoms with Gasteiger partial charge in [0.15, 0.2) is 0 Å². The fourth-order valence-electron chi connectivity index (χ4n) is 2.71. The minimum atomic E-state index is -0.632. The second-order valence-corrected chi connectivity index (χ2v) is 6.51. The summed E-state index contributed by atoms with van der Waals surface area (Å²) in [5.41, 5.74) is 0.819. The van der Waals surface area contributed by atoms with Gasteiger partial charge in [0, 0.05) is 5.56 Å². The second kappa shape index (κ2) is 8.64. The van der Waals surface area contributed by atoms with Gasteiger partial charge in [0.05, 0.1) is 19.8 Å². The van der Waals surface area contributed by atoms with E-state index in [0.29, 0.717) is 11.3 Å². The lowest BCUT2D eigenvalue weighted by Gasteiger charge is -2.14. The first kappa shape index (κ1) is 20.2. The molecule has 0 radical (unpaired) electrons. The van der Waals surface area contributed by atoms with Crippen LogP contribution in [0.25, 0.3) is 6.08 Å². The molecule has 1 N–H and O–H groups in total. The zero-order chi connectivity index (χ0) is 21.0. The number of ether oxygens (including phenoxy) is 2. The number of rotatable bonds is 7. The van der Waals surface area contributed by atoms with Crippen molar-refractivity contribution in [3.8, 4) is 5.75 Å². The molecule has 2 heterocycles. The largest absolute Gasteiger partial charge is 0.490 e. The highest BCUT2D eigenvalue weighted by atomic mass is 16.5. The molecule has 1 atom stereocenters. The minimum Gasteiger partial charge on any atom is -0.490 e. The lowest BCUT2D eigenvalue weighted by atomic mass is 10.1. The van der Waals surface area contributed by atoms with Crippen LogP contribution in [0.5, 0.6) is 5.75 Å². The Morgan fingerprint density at radius 3 is 2.72 bits per heavy atom. The molecule has 1 fully saturated rings. The number of carbonyl (C=O) groups excluding carboxylic acids is 3. The van der Waals surface area contributed by atoms with Crippen LogP contribution in [0, 0.1) is 0 Å². The molecule has 1 aliphatic heterocycles. The second-order valence-electron chi connectivity index (χ2n) is 6.51. The Balaban J connectivity index is 1.79. The van der Waals surface area contributed by atoms with E-state index in [1.807, 2.05) is 38.1 Å². The lowest BCUT2D eigenvalue weighted by molar-refractivity contribution is -0.123. The van der Waals surface area contributed by atoms with Crippen LogP contribution in [0.2, 0.25) is 0 Å². The zero-order valence-corrected chi connectivity index (χ0v) is 16.4. The summed E-state index contributed by atoms with van der Waals surface area (Å²) in [7, 11) is 1.24. The van der Waals surface area contributed by atoms with Gasteiger partial charge in [-0.1, -0.05) is 25.1 Å². The molecular formula is C21H22N2O6. The van der Waals surface area contributed by atoms with E-state index in [9.17, 15) is 14.4 Å². The van der Waals surface area contributed by atoms with Gasteiger partial charge in [-0.05, 0) is 37.6 Å². The summed E-state index contributed by atoms with van der Waals surface area (Å²) in [6, 6.07) is 9.67. The summed E-state index contributed by atoms with van der Waals surface area (Å²) in [5.74, 6) is -0.211. The SMILES string of the molecule is CC[C@H](C)Oc1ccccc1/C=C1\NC(=O)N(Cc2ccc(C(=O)OC)o2)C1=O. The molecule has 3 rings (SSSR count). The highest BCUT2D eigenvalue weighted by Crippen LogP contribution is 2.25. The number of amides is 3. The Labute approximate surface area is 168 Å². The van der Waals surface area contributed by atoms with Gasteiger partial charge in [-0.2, -0.15) is 0 Å². The third kappa shape index (κ3) is 4.48. The van der Waals surface area contributed by atoms with Crippen molar-refractivity contribution in [3.63, 3.8) is 0 Å². The number of methoxy groups -OCH3 is 1. The Morgan fingerprint density at radius 1 is 1.24 bits per heavy atom. The zero-order valence-electron chi connectivity index (χ0n) is 16.4. The van der Waals surface area contributed by atoms with E-state index < -0.39 is 17.9 Å². The van der Waals surface area contributed by atoms with Crippen molar-refractivity contribution >= 4 is 24.0 Å². The number of hydrogen-bond acceptors (Lipinski definition) is 6. The fourth-order valence-corrected chi connectivity index (χ4v) is 2.71. The summed E-state index contributed by atoms with van der Waals surface area (Å²) < 4.78 is 15.8. The molecule has 0 bridgehead atoms. The fraction of sp³-hybridized carbons (Fsp3) is 0.286. The van der Waals surface area contributed by atoms with Gasteiger partial charge in [-0.3, -0.25) is 9.69 Å². The maximum Gasteiger partial charge on any atom is 0.373 e. The van der Waals surface area contributed by atoms with E-state index in [1.54, 1.807) is 6.08 Å². The number of benzene rings is 1. The van der Waals surface area contributed by atoms with Crippen LogP contribution in [0.15, 0.2) is 46.5 Å². The standard InChI is InChI=1S/C21H22N2O6/c1-4-13(2)28-17-8-6-5-7-14(17)11-16-19(24)23(21(26)22-16)12-15-9-10-18(29-15)20(25)27-3/h5-11,13H,4,12H2,1-3H3,(H,22,26)/b16-11-/t13-/m0/s1. The molecule has 1 saturated heterocycles. The topological polar surface area (TPSA) is 98.1 Å². The summed E-state index contributed by atoms with van der Waals surface area (Å²) in [6.45, 7) is 3.87. The number of esters is 1. The molecule has 1 aliphatic rings. The molecule has 29 heavy (non-hydrogen) atoms. The van der Waals surface area contributed by atoms with E-state index in [0.717, 1.165) is 11.3 Å². The molecule has 152 valence electrons. The predicted octanol–water partition coefficient (Wildman–Crippen LogP) is 3.34. The molecule has 1 aromatic heterocycles. The minimum absolute atomic E-state index is 0.00133. The summed E-state index contributed by atoms with van der Waals surface area (Å²) in [5, 5.41) is 2.57. The van der Waals surface area contributed by atoms with Crippen LogP contribution >= 0.6 is 0 Å². The van der Waals surface area contributed by atoms with Gasteiger partial charge in [-0.15, -0.1) is 0 Å². The van der Waals surface area contributed by atoms with E-state index >= 15 is 0 Å². The average molecular weight is 398 g/mol. The van der Waals surface area contributed by atoms with Crippen molar-refractivity contribution in [2.45, 2.75) is 32.9 Å².